The highest BCUT2D eigenvalue weighted by molar-refractivity contribution is 7.89. The SMILES string of the molecule is CN(C)S(=O)(=O)c1cc(N)c2c(c1)CCCC2. The van der Waals surface area contributed by atoms with Crippen molar-refractivity contribution in [3.05, 3.63) is 23.3 Å². The highest BCUT2D eigenvalue weighted by Gasteiger charge is 2.21. The van der Waals surface area contributed by atoms with Gasteiger partial charge < -0.3 is 5.73 Å². The lowest BCUT2D eigenvalue weighted by Crippen LogP contribution is -2.23. The van der Waals surface area contributed by atoms with E-state index in [0.717, 1.165) is 36.8 Å². The monoisotopic (exact) mass is 254 g/mol. The molecule has 0 saturated heterocycles. The van der Waals surface area contributed by atoms with Crippen LogP contribution in [-0.4, -0.2) is 26.8 Å². The number of rotatable bonds is 2. The molecule has 0 amide bonds. The van der Waals surface area contributed by atoms with Crippen LogP contribution in [0.1, 0.15) is 24.0 Å². The molecule has 2 N–H and O–H groups in total. The van der Waals surface area contributed by atoms with Gasteiger partial charge in [0, 0.05) is 19.8 Å². The molecule has 17 heavy (non-hydrogen) atoms. The molecule has 0 aromatic heterocycles. The van der Waals surface area contributed by atoms with Gasteiger partial charge in [0.05, 0.1) is 4.90 Å². The molecule has 1 aromatic rings. The van der Waals surface area contributed by atoms with E-state index in [4.69, 9.17) is 5.73 Å². The van der Waals surface area contributed by atoms with Crippen LogP contribution in [0.25, 0.3) is 0 Å². The minimum atomic E-state index is -3.38. The van der Waals surface area contributed by atoms with Gasteiger partial charge in [-0.2, -0.15) is 0 Å². The van der Waals surface area contributed by atoms with E-state index in [1.165, 1.54) is 18.4 Å². The van der Waals surface area contributed by atoms with Crippen LogP contribution >= 0.6 is 0 Å². The highest BCUT2D eigenvalue weighted by Crippen LogP contribution is 2.30. The number of aryl methyl sites for hydroxylation is 1. The molecule has 4 nitrogen and oxygen atoms in total. The Morgan fingerprint density at radius 2 is 1.82 bits per heavy atom. The molecule has 0 atom stereocenters. The second-order valence-electron chi connectivity index (χ2n) is 4.64. The van der Waals surface area contributed by atoms with Crippen molar-refractivity contribution < 1.29 is 8.42 Å². The minimum Gasteiger partial charge on any atom is -0.398 e. The van der Waals surface area contributed by atoms with Crippen molar-refractivity contribution in [2.45, 2.75) is 30.6 Å². The molecule has 5 heteroatoms. The normalized spacial score (nSPS) is 15.9. The molecule has 1 aliphatic rings. The number of nitrogen functional groups attached to an aromatic ring is 1. The van der Waals surface area contributed by atoms with E-state index in [0.29, 0.717) is 10.6 Å². The van der Waals surface area contributed by atoms with Crippen molar-refractivity contribution in [2.75, 3.05) is 19.8 Å². The van der Waals surface area contributed by atoms with Gasteiger partial charge >= 0.3 is 0 Å². The first-order valence-corrected chi connectivity index (χ1v) is 7.21. The van der Waals surface area contributed by atoms with Gasteiger partial charge in [0.2, 0.25) is 10.0 Å². The summed E-state index contributed by atoms with van der Waals surface area (Å²) in [7, 11) is -0.314. The molecular formula is C12H18N2O2S. The third-order valence-corrected chi connectivity index (χ3v) is 5.04. The van der Waals surface area contributed by atoms with E-state index in [9.17, 15) is 8.42 Å². The second kappa shape index (κ2) is 4.31. The Kier molecular flexibility index (Phi) is 3.14. The molecule has 0 unspecified atom stereocenters. The van der Waals surface area contributed by atoms with E-state index >= 15 is 0 Å². The summed E-state index contributed by atoms with van der Waals surface area (Å²) in [6.07, 6.45) is 4.13. The predicted molar refractivity (Wildman–Crippen MR) is 68.4 cm³/mol. The van der Waals surface area contributed by atoms with Gasteiger partial charge in [-0.3, -0.25) is 0 Å². The Labute approximate surface area is 102 Å². The molecule has 94 valence electrons. The van der Waals surface area contributed by atoms with Gasteiger partial charge in [0.25, 0.3) is 0 Å². The first-order chi connectivity index (χ1) is 7.93. The van der Waals surface area contributed by atoms with Crippen molar-refractivity contribution in [3.63, 3.8) is 0 Å². The van der Waals surface area contributed by atoms with Crippen LogP contribution in [0.2, 0.25) is 0 Å². The maximum absolute atomic E-state index is 12.0. The number of hydrogen-bond donors (Lipinski definition) is 1. The number of fused-ring (bicyclic) bond motifs is 1. The maximum Gasteiger partial charge on any atom is 0.242 e. The van der Waals surface area contributed by atoms with Crippen LogP contribution in [-0.2, 0) is 22.9 Å². The number of nitrogens with zero attached hydrogens (tertiary/aromatic N) is 1. The summed E-state index contributed by atoms with van der Waals surface area (Å²) in [5, 5.41) is 0. The number of sulfonamides is 1. The predicted octanol–water partition coefficient (Wildman–Crippen LogP) is 1.40. The largest absolute Gasteiger partial charge is 0.398 e. The average Bonchev–Trinajstić information content (AvgIpc) is 2.28. The van der Waals surface area contributed by atoms with E-state index in [2.05, 4.69) is 0 Å². The molecule has 0 radical (unpaired) electrons. The number of hydrogen-bond acceptors (Lipinski definition) is 3. The number of benzene rings is 1. The van der Waals surface area contributed by atoms with Gasteiger partial charge in [-0.05, 0) is 48.9 Å². The van der Waals surface area contributed by atoms with Gasteiger partial charge in [0.1, 0.15) is 0 Å². The van der Waals surface area contributed by atoms with Crippen molar-refractivity contribution in [3.8, 4) is 0 Å². The zero-order valence-corrected chi connectivity index (χ0v) is 11.0. The quantitative estimate of drug-likeness (QED) is 0.811. The molecule has 1 aromatic carbocycles. The molecular weight excluding hydrogens is 236 g/mol. The van der Waals surface area contributed by atoms with E-state index < -0.39 is 10.0 Å². The summed E-state index contributed by atoms with van der Waals surface area (Å²) in [5.74, 6) is 0. The van der Waals surface area contributed by atoms with E-state index in [1.54, 1.807) is 12.1 Å². The summed E-state index contributed by atoms with van der Waals surface area (Å²) in [4.78, 5) is 0.306. The molecule has 0 saturated carbocycles. The van der Waals surface area contributed by atoms with E-state index in [-0.39, 0.29) is 0 Å². The fraction of sp³-hybridized carbons (Fsp3) is 0.500. The number of anilines is 1. The third kappa shape index (κ3) is 2.17. The lowest BCUT2D eigenvalue weighted by atomic mass is 9.91. The molecule has 0 aliphatic heterocycles. The smallest absolute Gasteiger partial charge is 0.242 e. The summed E-state index contributed by atoms with van der Waals surface area (Å²) >= 11 is 0. The number of nitrogens with two attached hydrogens (primary N) is 1. The van der Waals surface area contributed by atoms with Crippen LogP contribution in [0, 0.1) is 0 Å². The van der Waals surface area contributed by atoms with Gasteiger partial charge in [-0.1, -0.05) is 0 Å². The standard InChI is InChI=1S/C12H18N2O2S/c1-14(2)17(15,16)10-7-9-5-3-4-6-11(9)12(13)8-10/h7-8H,3-6,13H2,1-2H3. The maximum atomic E-state index is 12.0. The molecule has 2 rings (SSSR count). The zero-order chi connectivity index (χ0) is 12.6. The van der Waals surface area contributed by atoms with Crippen LogP contribution in [0.5, 0.6) is 0 Å². The molecule has 0 fully saturated rings. The van der Waals surface area contributed by atoms with Crippen LogP contribution < -0.4 is 5.73 Å². The summed E-state index contributed by atoms with van der Waals surface area (Å²) < 4.78 is 25.3. The molecule has 0 bridgehead atoms. The van der Waals surface area contributed by atoms with Crippen LogP contribution in [0.15, 0.2) is 17.0 Å². The summed E-state index contributed by atoms with van der Waals surface area (Å²) in [6.45, 7) is 0. The van der Waals surface area contributed by atoms with Crippen LogP contribution in [0.3, 0.4) is 0 Å². The lowest BCUT2D eigenvalue weighted by molar-refractivity contribution is 0.520. The van der Waals surface area contributed by atoms with E-state index in [1.807, 2.05) is 0 Å². The van der Waals surface area contributed by atoms with Gasteiger partial charge in [0.15, 0.2) is 0 Å². The molecule has 1 aliphatic carbocycles. The van der Waals surface area contributed by atoms with Crippen molar-refractivity contribution in [1.29, 1.82) is 0 Å². The fourth-order valence-electron chi connectivity index (χ4n) is 2.23. The Balaban J connectivity index is 2.55. The van der Waals surface area contributed by atoms with Crippen molar-refractivity contribution in [1.82, 2.24) is 4.31 Å². The summed E-state index contributed by atoms with van der Waals surface area (Å²) in [5.41, 5.74) is 8.80. The van der Waals surface area contributed by atoms with Crippen molar-refractivity contribution >= 4 is 15.7 Å². The van der Waals surface area contributed by atoms with Crippen LogP contribution in [0.4, 0.5) is 5.69 Å². The molecule has 0 spiro atoms. The van der Waals surface area contributed by atoms with Gasteiger partial charge in [-0.25, -0.2) is 12.7 Å². The fourth-order valence-corrected chi connectivity index (χ4v) is 3.22. The lowest BCUT2D eigenvalue weighted by Gasteiger charge is -2.20. The Morgan fingerprint density at radius 3 is 2.47 bits per heavy atom. The average molecular weight is 254 g/mol. The minimum absolute atomic E-state index is 0.306. The zero-order valence-electron chi connectivity index (χ0n) is 10.2. The first-order valence-electron chi connectivity index (χ1n) is 5.76. The third-order valence-electron chi connectivity index (χ3n) is 3.25. The molecule has 0 heterocycles. The Morgan fingerprint density at radius 1 is 1.18 bits per heavy atom. The summed E-state index contributed by atoms with van der Waals surface area (Å²) in [6, 6.07) is 3.36. The second-order valence-corrected chi connectivity index (χ2v) is 6.80. The van der Waals surface area contributed by atoms with Crippen molar-refractivity contribution in [2.24, 2.45) is 0 Å². The Hall–Kier alpha value is -1.07. The van der Waals surface area contributed by atoms with Gasteiger partial charge in [-0.15, -0.1) is 0 Å². The Bertz CT molecular complexity index is 536. The first kappa shape index (κ1) is 12.4. The highest BCUT2D eigenvalue weighted by atomic mass is 32.2. The topological polar surface area (TPSA) is 63.4 Å².